The number of aliphatic hydroxyl groups excluding tert-OH is 1. The van der Waals surface area contributed by atoms with Gasteiger partial charge in [0.15, 0.2) is 0 Å². The number of likely N-dealkylation sites (tertiary alicyclic amines) is 1. The summed E-state index contributed by atoms with van der Waals surface area (Å²) in [7, 11) is 0. The van der Waals surface area contributed by atoms with Crippen LogP contribution in [-0.2, 0) is 0 Å². The van der Waals surface area contributed by atoms with Crippen molar-refractivity contribution >= 4 is 23.3 Å². The van der Waals surface area contributed by atoms with Gasteiger partial charge < -0.3 is 20.6 Å². The van der Waals surface area contributed by atoms with E-state index in [1.807, 2.05) is 18.2 Å². The van der Waals surface area contributed by atoms with Gasteiger partial charge in [-0.05, 0) is 49.2 Å². The van der Waals surface area contributed by atoms with Crippen LogP contribution in [0.1, 0.15) is 23.2 Å². The molecule has 130 valence electrons. The SMILES string of the molecule is O=C(Nc1ccccc1)Nc1ccc(C(=O)N2CCC(O)CC2)cc1. The van der Waals surface area contributed by atoms with Crippen LogP contribution in [0.5, 0.6) is 0 Å². The Morgan fingerprint density at radius 3 is 2.04 bits per heavy atom. The van der Waals surface area contributed by atoms with Crippen molar-refractivity contribution in [3.63, 3.8) is 0 Å². The van der Waals surface area contributed by atoms with Crippen molar-refractivity contribution in [2.45, 2.75) is 18.9 Å². The van der Waals surface area contributed by atoms with E-state index in [-0.39, 0.29) is 18.0 Å². The molecular formula is C19H21N3O3. The molecule has 0 aromatic heterocycles. The fraction of sp³-hybridized carbons (Fsp3) is 0.263. The summed E-state index contributed by atoms with van der Waals surface area (Å²) >= 11 is 0. The number of carbonyl (C=O) groups is 2. The van der Waals surface area contributed by atoms with Crippen molar-refractivity contribution < 1.29 is 14.7 Å². The lowest BCUT2D eigenvalue weighted by molar-refractivity contribution is 0.0546. The molecule has 3 rings (SSSR count). The minimum absolute atomic E-state index is 0.0489. The van der Waals surface area contributed by atoms with E-state index in [0.29, 0.717) is 42.9 Å². The smallest absolute Gasteiger partial charge is 0.323 e. The van der Waals surface area contributed by atoms with Gasteiger partial charge in [-0.3, -0.25) is 4.79 Å². The number of rotatable bonds is 3. The van der Waals surface area contributed by atoms with Crippen LogP contribution in [0, 0.1) is 0 Å². The number of nitrogens with one attached hydrogen (secondary N) is 2. The Bertz CT molecular complexity index is 723. The third-order valence-electron chi connectivity index (χ3n) is 4.17. The first kappa shape index (κ1) is 17.0. The molecule has 0 radical (unpaired) electrons. The van der Waals surface area contributed by atoms with Crippen LogP contribution in [0.3, 0.4) is 0 Å². The van der Waals surface area contributed by atoms with E-state index < -0.39 is 0 Å². The molecule has 3 N–H and O–H groups in total. The van der Waals surface area contributed by atoms with E-state index in [1.165, 1.54) is 0 Å². The average Bonchev–Trinajstić information content (AvgIpc) is 2.63. The largest absolute Gasteiger partial charge is 0.393 e. The van der Waals surface area contributed by atoms with E-state index in [9.17, 15) is 14.7 Å². The molecule has 6 heteroatoms. The predicted molar refractivity (Wildman–Crippen MR) is 96.7 cm³/mol. The van der Waals surface area contributed by atoms with Crippen LogP contribution in [0.2, 0.25) is 0 Å². The van der Waals surface area contributed by atoms with Gasteiger partial charge in [-0.2, -0.15) is 0 Å². The Morgan fingerprint density at radius 2 is 1.44 bits per heavy atom. The molecule has 0 spiro atoms. The highest BCUT2D eigenvalue weighted by molar-refractivity contribution is 6.00. The van der Waals surface area contributed by atoms with Crippen molar-refractivity contribution in [1.29, 1.82) is 0 Å². The lowest BCUT2D eigenvalue weighted by Gasteiger charge is -2.29. The summed E-state index contributed by atoms with van der Waals surface area (Å²) in [6.45, 7) is 1.14. The topological polar surface area (TPSA) is 81.7 Å². The second-order valence-corrected chi connectivity index (χ2v) is 6.05. The highest BCUT2D eigenvalue weighted by atomic mass is 16.3. The number of aliphatic hydroxyl groups is 1. The van der Waals surface area contributed by atoms with Gasteiger partial charge in [-0.15, -0.1) is 0 Å². The molecule has 25 heavy (non-hydrogen) atoms. The lowest BCUT2D eigenvalue weighted by atomic mass is 10.1. The Morgan fingerprint density at radius 1 is 0.880 bits per heavy atom. The van der Waals surface area contributed by atoms with Gasteiger partial charge in [0, 0.05) is 30.0 Å². The molecule has 0 saturated carbocycles. The van der Waals surface area contributed by atoms with Gasteiger partial charge in [0.1, 0.15) is 0 Å². The molecule has 2 aromatic rings. The maximum atomic E-state index is 12.4. The normalized spacial score (nSPS) is 14.8. The second-order valence-electron chi connectivity index (χ2n) is 6.05. The van der Waals surface area contributed by atoms with Crippen molar-refractivity contribution in [3.05, 3.63) is 60.2 Å². The van der Waals surface area contributed by atoms with E-state index in [2.05, 4.69) is 10.6 Å². The number of nitrogens with zero attached hydrogens (tertiary/aromatic N) is 1. The van der Waals surface area contributed by atoms with Crippen LogP contribution in [-0.4, -0.2) is 41.1 Å². The summed E-state index contributed by atoms with van der Waals surface area (Å²) in [6.07, 6.45) is 0.926. The zero-order valence-electron chi connectivity index (χ0n) is 13.8. The standard InChI is InChI=1S/C19H21N3O3/c23-17-10-12-22(13-11-17)18(24)14-6-8-16(9-7-14)21-19(25)20-15-4-2-1-3-5-15/h1-9,17,23H,10-13H2,(H2,20,21,25). The number of para-hydroxylation sites is 1. The first-order valence-electron chi connectivity index (χ1n) is 8.32. The van der Waals surface area contributed by atoms with Crippen LogP contribution < -0.4 is 10.6 Å². The maximum Gasteiger partial charge on any atom is 0.323 e. The van der Waals surface area contributed by atoms with E-state index in [0.717, 1.165) is 0 Å². The first-order valence-corrected chi connectivity index (χ1v) is 8.32. The zero-order valence-corrected chi connectivity index (χ0v) is 13.8. The summed E-state index contributed by atoms with van der Waals surface area (Å²) in [5, 5.41) is 15.0. The van der Waals surface area contributed by atoms with Gasteiger partial charge in [-0.25, -0.2) is 4.79 Å². The van der Waals surface area contributed by atoms with Crippen molar-refractivity contribution in [2.75, 3.05) is 23.7 Å². The van der Waals surface area contributed by atoms with Gasteiger partial charge in [0.05, 0.1) is 6.10 Å². The minimum Gasteiger partial charge on any atom is -0.393 e. The van der Waals surface area contributed by atoms with Crippen LogP contribution >= 0.6 is 0 Å². The summed E-state index contributed by atoms with van der Waals surface area (Å²) in [5.74, 6) is -0.0489. The van der Waals surface area contributed by atoms with Crippen LogP contribution in [0.15, 0.2) is 54.6 Å². The Kier molecular flexibility index (Phi) is 5.30. The van der Waals surface area contributed by atoms with Gasteiger partial charge in [-0.1, -0.05) is 18.2 Å². The number of amides is 3. The highest BCUT2D eigenvalue weighted by Gasteiger charge is 2.22. The first-order chi connectivity index (χ1) is 12.1. The Hall–Kier alpha value is -2.86. The molecule has 1 aliphatic heterocycles. The molecule has 0 atom stereocenters. The van der Waals surface area contributed by atoms with Gasteiger partial charge in [0.25, 0.3) is 5.91 Å². The quantitative estimate of drug-likeness (QED) is 0.804. The van der Waals surface area contributed by atoms with Crippen molar-refractivity contribution in [1.82, 2.24) is 4.90 Å². The molecule has 1 saturated heterocycles. The lowest BCUT2D eigenvalue weighted by Crippen LogP contribution is -2.40. The third kappa shape index (κ3) is 4.58. The Labute approximate surface area is 146 Å². The number of carbonyl (C=O) groups excluding carboxylic acids is 2. The molecule has 1 heterocycles. The van der Waals surface area contributed by atoms with E-state index in [4.69, 9.17) is 0 Å². The fourth-order valence-electron chi connectivity index (χ4n) is 2.76. The third-order valence-corrected chi connectivity index (χ3v) is 4.17. The molecule has 2 aromatic carbocycles. The summed E-state index contributed by atoms with van der Waals surface area (Å²) in [4.78, 5) is 26.1. The highest BCUT2D eigenvalue weighted by Crippen LogP contribution is 2.16. The monoisotopic (exact) mass is 339 g/mol. The van der Waals surface area contributed by atoms with E-state index >= 15 is 0 Å². The molecule has 0 bridgehead atoms. The number of urea groups is 1. The molecular weight excluding hydrogens is 318 g/mol. The number of hydrogen-bond donors (Lipinski definition) is 3. The summed E-state index contributed by atoms with van der Waals surface area (Å²) in [5.41, 5.74) is 1.89. The molecule has 1 aliphatic rings. The number of piperidine rings is 1. The number of anilines is 2. The van der Waals surface area contributed by atoms with Crippen LogP contribution in [0.25, 0.3) is 0 Å². The number of hydrogen-bond acceptors (Lipinski definition) is 3. The maximum absolute atomic E-state index is 12.4. The Balaban J connectivity index is 1.56. The summed E-state index contributed by atoms with van der Waals surface area (Å²) < 4.78 is 0. The summed E-state index contributed by atoms with van der Waals surface area (Å²) in [6, 6.07) is 15.6. The molecule has 0 unspecified atom stereocenters. The molecule has 3 amide bonds. The number of benzene rings is 2. The van der Waals surface area contributed by atoms with Gasteiger partial charge in [0.2, 0.25) is 0 Å². The molecule has 6 nitrogen and oxygen atoms in total. The zero-order chi connectivity index (χ0) is 17.6. The average molecular weight is 339 g/mol. The fourth-order valence-corrected chi connectivity index (χ4v) is 2.76. The van der Waals surface area contributed by atoms with Crippen molar-refractivity contribution in [2.24, 2.45) is 0 Å². The minimum atomic E-state index is -0.338. The van der Waals surface area contributed by atoms with Gasteiger partial charge >= 0.3 is 6.03 Å². The predicted octanol–water partition coefficient (Wildman–Crippen LogP) is 2.93. The molecule has 1 fully saturated rings. The second kappa shape index (κ2) is 7.81. The molecule has 0 aliphatic carbocycles. The van der Waals surface area contributed by atoms with E-state index in [1.54, 1.807) is 41.3 Å². The van der Waals surface area contributed by atoms with Crippen molar-refractivity contribution in [3.8, 4) is 0 Å². The van der Waals surface area contributed by atoms with Crippen LogP contribution in [0.4, 0.5) is 16.2 Å².